The number of allylic oxidation sites excluding steroid dienone is 1. The molecule has 0 radical (unpaired) electrons. The highest BCUT2D eigenvalue weighted by Gasteiger charge is 2.20. The molecule has 1 nitrogen and oxygen atoms in total. The summed E-state index contributed by atoms with van der Waals surface area (Å²) >= 11 is 0. The van der Waals surface area contributed by atoms with E-state index >= 15 is 0 Å². The summed E-state index contributed by atoms with van der Waals surface area (Å²) in [6, 6.07) is 9.23. The quantitative estimate of drug-likeness (QED) is 0.643. The first-order valence-electron chi connectivity index (χ1n) is 5.30. The minimum atomic E-state index is 0.517. The molecule has 0 saturated carbocycles. The third kappa shape index (κ3) is 1.54. The summed E-state index contributed by atoms with van der Waals surface area (Å²) in [6.07, 6.45) is 5.58. The van der Waals surface area contributed by atoms with Crippen molar-refractivity contribution in [3.05, 3.63) is 42.0 Å². The van der Waals surface area contributed by atoms with Crippen molar-refractivity contribution < 1.29 is 0 Å². The highest BCUT2D eigenvalue weighted by atomic mass is 15.2. The third-order valence-electron chi connectivity index (χ3n) is 2.89. The van der Waals surface area contributed by atoms with Crippen molar-refractivity contribution in [2.45, 2.75) is 26.3 Å². The van der Waals surface area contributed by atoms with E-state index in [0.717, 1.165) is 6.54 Å². The normalized spacial score (nSPS) is 17.4. The Labute approximate surface area is 86.1 Å². The summed E-state index contributed by atoms with van der Waals surface area (Å²) in [6.45, 7) is 5.49. The monoisotopic (exact) mass is 187 g/mol. The first-order chi connectivity index (χ1) is 6.83. The Balaban J connectivity index is 2.25. The van der Waals surface area contributed by atoms with Crippen LogP contribution in [-0.4, -0.2) is 12.6 Å². The van der Waals surface area contributed by atoms with E-state index in [2.05, 4.69) is 55.2 Å². The van der Waals surface area contributed by atoms with Crippen LogP contribution >= 0.6 is 0 Å². The lowest BCUT2D eigenvalue weighted by molar-refractivity contribution is 0.764. The predicted octanol–water partition coefficient (Wildman–Crippen LogP) is 3.01. The molecule has 2 rings (SSSR count). The second-order valence-corrected chi connectivity index (χ2v) is 3.84. The van der Waals surface area contributed by atoms with Crippen LogP contribution in [0.3, 0.4) is 0 Å². The lowest BCUT2D eigenvalue weighted by atomic mass is 10.2. The Morgan fingerprint density at radius 1 is 1.36 bits per heavy atom. The standard InChI is InChI=1S/C13H17N/c1-3-6-11(2)14-10-9-12-7-4-5-8-13(12)14/h3-8,11H,9-10H2,1-2H3/b6-3+/t11-/m1/s1. The molecule has 0 bridgehead atoms. The van der Waals surface area contributed by atoms with E-state index in [1.165, 1.54) is 17.7 Å². The Hall–Kier alpha value is -1.24. The van der Waals surface area contributed by atoms with Gasteiger partial charge < -0.3 is 4.90 Å². The molecule has 1 aliphatic heterocycles. The Morgan fingerprint density at radius 3 is 2.93 bits per heavy atom. The predicted molar refractivity (Wildman–Crippen MR) is 61.8 cm³/mol. The lowest BCUT2D eigenvalue weighted by Gasteiger charge is -2.24. The van der Waals surface area contributed by atoms with Crippen LogP contribution in [0.1, 0.15) is 19.4 Å². The van der Waals surface area contributed by atoms with Gasteiger partial charge >= 0.3 is 0 Å². The van der Waals surface area contributed by atoms with Crippen molar-refractivity contribution in [3.8, 4) is 0 Å². The molecular weight excluding hydrogens is 170 g/mol. The molecular formula is C13H17N. The molecule has 1 heterocycles. The summed E-state index contributed by atoms with van der Waals surface area (Å²) in [5.41, 5.74) is 2.90. The molecule has 1 heteroatoms. The van der Waals surface area contributed by atoms with Gasteiger partial charge in [0.1, 0.15) is 0 Å². The van der Waals surface area contributed by atoms with Crippen LogP contribution in [0.15, 0.2) is 36.4 Å². The SMILES string of the molecule is C/C=C/[C@@H](C)N1CCc2ccccc21. The fraction of sp³-hybridized carbons (Fsp3) is 0.385. The smallest absolute Gasteiger partial charge is 0.0444 e. The van der Waals surface area contributed by atoms with E-state index in [1.807, 2.05) is 0 Å². The van der Waals surface area contributed by atoms with Gasteiger partial charge in [-0.1, -0.05) is 30.4 Å². The van der Waals surface area contributed by atoms with Crippen molar-refractivity contribution >= 4 is 5.69 Å². The first kappa shape index (κ1) is 9.32. The fourth-order valence-corrected chi connectivity index (χ4v) is 2.17. The molecule has 0 aliphatic carbocycles. The zero-order chi connectivity index (χ0) is 9.97. The van der Waals surface area contributed by atoms with Gasteiger partial charge in [0, 0.05) is 18.3 Å². The number of hydrogen-bond acceptors (Lipinski definition) is 1. The zero-order valence-corrected chi connectivity index (χ0v) is 8.90. The molecule has 0 fully saturated rings. The Kier molecular flexibility index (Phi) is 2.58. The van der Waals surface area contributed by atoms with Crippen LogP contribution in [0.2, 0.25) is 0 Å². The zero-order valence-electron chi connectivity index (χ0n) is 8.90. The minimum Gasteiger partial charge on any atom is -0.365 e. The molecule has 0 saturated heterocycles. The summed E-state index contributed by atoms with van der Waals surface area (Å²) in [5, 5.41) is 0. The largest absolute Gasteiger partial charge is 0.365 e. The maximum atomic E-state index is 2.47. The van der Waals surface area contributed by atoms with E-state index in [4.69, 9.17) is 0 Å². The van der Waals surface area contributed by atoms with Gasteiger partial charge in [0.05, 0.1) is 0 Å². The van der Waals surface area contributed by atoms with Crippen molar-refractivity contribution in [1.82, 2.24) is 0 Å². The number of fused-ring (bicyclic) bond motifs is 1. The van der Waals surface area contributed by atoms with Gasteiger partial charge in [0.2, 0.25) is 0 Å². The summed E-state index contributed by atoms with van der Waals surface area (Å²) in [7, 11) is 0. The Bertz CT molecular complexity index is 341. The lowest BCUT2D eigenvalue weighted by Crippen LogP contribution is -2.29. The van der Waals surface area contributed by atoms with Crippen LogP contribution in [-0.2, 0) is 6.42 Å². The van der Waals surface area contributed by atoms with E-state index in [-0.39, 0.29) is 0 Å². The molecule has 1 aromatic carbocycles. The molecule has 74 valence electrons. The number of anilines is 1. The molecule has 1 atom stereocenters. The second-order valence-electron chi connectivity index (χ2n) is 3.84. The number of nitrogens with zero attached hydrogens (tertiary/aromatic N) is 1. The van der Waals surface area contributed by atoms with Gasteiger partial charge in [-0.3, -0.25) is 0 Å². The average molecular weight is 187 g/mol. The van der Waals surface area contributed by atoms with Gasteiger partial charge in [-0.25, -0.2) is 0 Å². The van der Waals surface area contributed by atoms with Crippen LogP contribution in [0, 0.1) is 0 Å². The van der Waals surface area contributed by atoms with Gasteiger partial charge in [0.25, 0.3) is 0 Å². The number of hydrogen-bond donors (Lipinski definition) is 0. The van der Waals surface area contributed by atoms with E-state index in [0.29, 0.717) is 6.04 Å². The number of para-hydroxylation sites is 1. The van der Waals surface area contributed by atoms with Crippen LogP contribution in [0.5, 0.6) is 0 Å². The van der Waals surface area contributed by atoms with Gasteiger partial charge in [0.15, 0.2) is 0 Å². The van der Waals surface area contributed by atoms with Crippen LogP contribution in [0.25, 0.3) is 0 Å². The van der Waals surface area contributed by atoms with E-state index < -0.39 is 0 Å². The molecule has 0 spiro atoms. The molecule has 0 unspecified atom stereocenters. The van der Waals surface area contributed by atoms with E-state index in [9.17, 15) is 0 Å². The summed E-state index contributed by atoms with van der Waals surface area (Å²) in [5.74, 6) is 0. The highest BCUT2D eigenvalue weighted by Crippen LogP contribution is 2.29. The van der Waals surface area contributed by atoms with Gasteiger partial charge in [-0.05, 0) is 31.9 Å². The van der Waals surface area contributed by atoms with Crippen LogP contribution in [0.4, 0.5) is 5.69 Å². The molecule has 1 aliphatic rings. The maximum Gasteiger partial charge on any atom is 0.0444 e. The average Bonchev–Trinajstić information content (AvgIpc) is 2.61. The topological polar surface area (TPSA) is 3.24 Å². The van der Waals surface area contributed by atoms with Crippen molar-refractivity contribution in [2.75, 3.05) is 11.4 Å². The molecule has 0 N–H and O–H groups in total. The van der Waals surface area contributed by atoms with Gasteiger partial charge in [-0.2, -0.15) is 0 Å². The molecule has 0 amide bonds. The van der Waals surface area contributed by atoms with E-state index in [1.54, 1.807) is 0 Å². The van der Waals surface area contributed by atoms with Gasteiger partial charge in [-0.15, -0.1) is 0 Å². The number of benzene rings is 1. The Morgan fingerprint density at radius 2 is 2.14 bits per heavy atom. The molecule has 1 aromatic rings. The van der Waals surface area contributed by atoms with Crippen molar-refractivity contribution in [2.24, 2.45) is 0 Å². The maximum absolute atomic E-state index is 2.47. The molecule has 14 heavy (non-hydrogen) atoms. The number of rotatable bonds is 2. The third-order valence-corrected chi connectivity index (χ3v) is 2.89. The summed E-state index contributed by atoms with van der Waals surface area (Å²) in [4.78, 5) is 2.47. The second kappa shape index (κ2) is 3.87. The minimum absolute atomic E-state index is 0.517. The summed E-state index contributed by atoms with van der Waals surface area (Å²) < 4.78 is 0. The first-order valence-corrected chi connectivity index (χ1v) is 5.30. The fourth-order valence-electron chi connectivity index (χ4n) is 2.17. The van der Waals surface area contributed by atoms with Crippen molar-refractivity contribution in [3.63, 3.8) is 0 Å². The van der Waals surface area contributed by atoms with Crippen LogP contribution < -0.4 is 4.90 Å². The highest BCUT2D eigenvalue weighted by molar-refractivity contribution is 5.59. The van der Waals surface area contributed by atoms with Crippen molar-refractivity contribution in [1.29, 1.82) is 0 Å². The molecule has 0 aromatic heterocycles.